The van der Waals surface area contributed by atoms with E-state index in [0.29, 0.717) is 24.6 Å². The monoisotopic (exact) mass is 578 g/mol. The summed E-state index contributed by atoms with van der Waals surface area (Å²) < 4.78 is 39.8. The minimum atomic E-state index is -3.85. The number of carbonyl (C=O) groups is 1. The fourth-order valence-electron chi connectivity index (χ4n) is 3.74. The van der Waals surface area contributed by atoms with Gasteiger partial charge >= 0.3 is 0 Å². The molecule has 0 saturated heterocycles. The summed E-state index contributed by atoms with van der Waals surface area (Å²) in [5.41, 5.74) is 0.880. The van der Waals surface area contributed by atoms with Crippen molar-refractivity contribution >= 4 is 43.2 Å². The highest BCUT2D eigenvalue weighted by molar-refractivity contribution is 9.10. The lowest BCUT2D eigenvalue weighted by Crippen LogP contribution is -2.43. The summed E-state index contributed by atoms with van der Waals surface area (Å²) >= 11 is 4.90. The SMILES string of the molecule is CC(C)CN(CC(=O)N(Cc1ccc2c(c1)OCO2)Cc1cccs1)S(=O)(=O)c1ccc(Br)cc1. The quantitative estimate of drug-likeness (QED) is 0.334. The Morgan fingerprint density at radius 1 is 1.06 bits per heavy atom. The molecular weight excluding hydrogens is 552 g/mol. The normalized spacial score (nSPS) is 12.9. The number of sulfonamides is 1. The number of halogens is 1. The maximum absolute atomic E-state index is 13.6. The van der Waals surface area contributed by atoms with Crippen LogP contribution in [0.2, 0.25) is 0 Å². The molecule has 4 rings (SSSR count). The van der Waals surface area contributed by atoms with E-state index >= 15 is 0 Å². The molecular formula is C25H27BrN2O5S2. The molecule has 3 aromatic rings. The van der Waals surface area contributed by atoms with Crippen LogP contribution in [0.15, 0.2) is 69.3 Å². The van der Waals surface area contributed by atoms with E-state index in [9.17, 15) is 13.2 Å². The predicted octanol–water partition coefficient (Wildman–Crippen LogP) is 5.12. The second kappa shape index (κ2) is 11.1. The summed E-state index contributed by atoms with van der Waals surface area (Å²) in [6, 6.07) is 16.0. The van der Waals surface area contributed by atoms with Crippen LogP contribution in [0.25, 0.3) is 0 Å². The molecule has 0 fully saturated rings. The number of hydrogen-bond acceptors (Lipinski definition) is 6. The number of rotatable bonds is 10. The van der Waals surface area contributed by atoms with Crippen LogP contribution >= 0.6 is 27.3 Å². The van der Waals surface area contributed by atoms with E-state index in [0.717, 1.165) is 14.9 Å². The van der Waals surface area contributed by atoms with Crippen LogP contribution in [0.5, 0.6) is 11.5 Å². The van der Waals surface area contributed by atoms with E-state index in [-0.39, 0.29) is 36.6 Å². The van der Waals surface area contributed by atoms with Crippen LogP contribution in [-0.2, 0) is 27.9 Å². The van der Waals surface area contributed by atoms with E-state index in [2.05, 4.69) is 15.9 Å². The van der Waals surface area contributed by atoms with Crippen molar-refractivity contribution in [2.45, 2.75) is 31.8 Å². The maximum atomic E-state index is 13.6. The molecule has 10 heteroatoms. The number of amides is 1. The average Bonchev–Trinajstić information content (AvgIpc) is 3.49. The van der Waals surface area contributed by atoms with Crippen molar-refractivity contribution in [1.82, 2.24) is 9.21 Å². The van der Waals surface area contributed by atoms with E-state index in [1.54, 1.807) is 40.5 Å². The minimum Gasteiger partial charge on any atom is -0.454 e. The van der Waals surface area contributed by atoms with Gasteiger partial charge in [-0.3, -0.25) is 4.79 Å². The molecule has 0 spiro atoms. The molecule has 35 heavy (non-hydrogen) atoms. The van der Waals surface area contributed by atoms with Gasteiger partial charge in [-0.1, -0.05) is 41.9 Å². The molecule has 186 valence electrons. The van der Waals surface area contributed by atoms with Gasteiger partial charge < -0.3 is 14.4 Å². The van der Waals surface area contributed by atoms with Gasteiger partial charge in [0.15, 0.2) is 11.5 Å². The molecule has 1 aromatic heterocycles. The second-order valence-corrected chi connectivity index (χ2v) is 12.5. The topological polar surface area (TPSA) is 76.2 Å². The van der Waals surface area contributed by atoms with Crippen molar-refractivity contribution in [3.63, 3.8) is 0 Å². The predicted molar refractivity (Wildman–Crippen MR) is 139 cm³/mol. The lowest BCUT2D eigenvalue weighted by molar-refractivity contribution is -0.132. The Morgan fingerprint density at radius 3 is 2.49 bits per heavy atom. The molecule has 1 aliphatic heterocycles. The highest BCUT2D eigenvalue weighted by Crippen LogP contribution is 2.33. The van der Waals surface area contributed by atoms with Gasteiger partial charge in [0.25, 0.3) is 0 Å². The van der Waals surface area contributed by atoms with Crippen LogP contribution in [-0.4, -0.2) is 43.4 Å². The van der Waals surface area contributed by atoms with Crippen LogP contribution in [0.4, 0.5) is 0 Å². The number of benzene rings is 2. The lowest BCUT2D eigenvalue weighted by Gasteiger charge is -2.28. The molecule has 0 N–H and O–H groups in total. The van der Waals surface area contributed by atoms with Gasteiger partial charge in [-0.2, -0.15) is 4.31 Å². The largest absolute Gasteiger partial charge is 0.454 e. The molecule has 0 unspecified atom stereocenters. The third-order valence-corrected chi connectivity index (χ3v) is 8.64. The number of nitrogens with zero attached hydrogens (tertiary/aromatic N) is 2. The fraction of sp³-hybridized carbons (Fsp3) is 0.320. The van der Waals surface area contributed by atoms with Crippen molar-refractivity contribution in [2.24, 2.45) is 5.92 Å². The van der Waals surface area contributed by atoms with Crippen LogP contribution < -0.4 is 9.47 Å². The van der Waals surface area contributed by atoms with Gasteiger partial charge in [0.1, 0.15) is 0 Å². The first kappa shape index (κ1) is 25.7. The molecule has 1 aliphatic rings. The smallest absolute Gasteiger partial charge is 0.243 e. The van der Waals surface area contributed by atoms with Crippen molar-refractivity contribution in [2.75, 3.05) is 19.9 Å². The molecule has 0 bridgehead atoms. The Bertz CT molecular complexity index is 1260. The Morgan fingerprint density at radius 2 is 1.80 bits per heavy atom. The van der Waals surface area contributed by atoms with E-state index in [1.165, 1.54) is 4.31 Å². The minimum absolute atomic E-state index is 0.0487. The Balaban J connectivity index is 1.59. The lowest BCUT2D eigenvalue weighted by atomic mass is 10.2. The fourth-order valence-corrected chi connectivity index (χ4v) is 6.28. The first-order valence-electron chi connectivity index (χ1n) is 11.2. The summed E-state index contributed by atoms with van der Waals surface area (Å²) in [6.45, 7) is 4.75. The molecule has 2 heterocycles. The van der Waals surface area contributed by atoms with Gasteiger partial charge in [0.05, 0.1) is 18.0 Å². The molecule has 7 nitrogen and oxygen atoms in total. The van der Waals surface area contributed by atoms with Crippen LogP contribution in [0.3, 0.4) is 0 Å². The number of ether oxygens (including phenoxy) is 2. The molecule has 0 atom stereocenters. The van der Waals surface area contributed by atoms with Gasteiger partial charge in [-0.15, -0.1) is 11.3 Å². The van der Waals surface area contributed by atoms with Gasteiger partial charge in [0, 0.05) is 22.4 Å². The second-order valence-electron chi connectivity index (χ2n) is 8.66. The molecule has 0 radical (unpaired) electrons. The van der Waals surface area contributed by atoms with Gasteiger partial charge in [-0.05, 0) is 59.3 Å². The molecule has 1 amide bonds. The zero-order valence-electron chi connectivity index (χ0n) is 19.5. The Labute approximate surface area is 218 Å². The van der Waals surface area contributed by atoms with Gasteiger partial charge in [0.2, 0.25) is 22.7 Å². The highest BCUT2D eigenvalue weighted by Gasteiger charge is 2.29. The van der Waals surface area contributed by atoms with Crippen molar-refractivity contribution in [3.05, 3.63) is 74.9 Å². The van der Waals surface area contributed by atoms with Crippen LogP contribution in [0.1, 0.15) is 24.3 Å². The zero-order chi connectivity index (χ0) is 25.0. The summed E-state index contributed by atoms with van der Waals surface area (Å²) in [5.74, 6) is 1.10. The van der Waals surface area contributed by atoms with Crippen LogP contribution in [0, 0.1) is 5.92 Å². The third-order valence-electron chi connectivity index (χ3n) is 5.42. The first-order chi connectivity index (χ1) is 16.7. The maximum Gasteiger partial charge on any atom is 0.243 e. The first-order valence-corrected chi connectivity index (χ1v) is 14.3. The summed E-state index contributed by atoms with van der Waals surface area (Å²) in [5, 5.41) is 1.96. The van der Waals surface area contributed by atoms with E-state index < -0.39 is 10.0 Å². The van der Waals surface area contributed by atoms with Crippen molar-refractivity contribution in [3.8, 4) is 11.5 Å². The number of thiophene rings is 1. The highest BCUT2D eigenvalue weighted by atomic mass is 79.9. The molecule has 0 aliphatic carbocycles. The zero-order valence-corrected chi connectivity index (χ0v) is 22.7. The van der Waals surface area contributed by atoms with Gasteiger partial charge in [-0.25, -0.2) is 8.42 Å². The number of carbonyl (C=O) groups excluding carboxylic acids is 1. The molecule has 2 aromatic carbocycles. The van der Waals surface area contributed by atoms with Crippen molar-refractivity contribution < 1.29 is 22.7 Å². The average molecular weight is 580 g/mol. The summed E-state index contributed by atoms with van der Waals surface area (Å²) in [6.07, 6.45) is 0. The summed E-state index contributed by atoms with van der Waals surface area (Å²) in [4.78, 5) is 16.5. The number of fused-ring (bicyclic) bond motifs is 1. The standard InChI is InChI=1S/C25H27BrN2O5S2/c1-18(2)13-28(35(30,31)22-8-6-20(26)7-9-22)16-25(29)27(15-21-4-3-11-34-21)14-19-5-10-23-24(12-19)33-17-32-23/h3-12,18H,13-17H2,1-2H3. The Hall–Kier alpha value is -2.40. The third kappa shape index (κ3) is 6.43. The summed E-state index contributed by atoms with van der Waals surface area (Å²) in [7, 11) is -3.85. The Kier molecular flexibility index (Phi) is 8.16. The number of hydrogen-bond donors (Lipinski definition) is 0. The molecule has 0 saturated carbocycles. The van der Waals surface area contributed by atoms with E-state index in [1.807, 2.05) is 49.6 Å². The van der Waals surface area contributed by atoms with Crippen molar-refractivity contribution in [1.29, 1.82) is 0 Å². The van der Waals surface area contributed by atoms with E-state index in [4.69, 9.17) is 9.47 Å².